The molecule has 0 unspecified atom stereocenters. The molecule has 0 aliphatic rings. The Balaban J connectivity index is 2.32. The van der Waals surface area contributed by atoms with Gasteiger partial charge in [-0.05, 0) is 47.8 Å². The van der Waals surface area contributed by atoms with Crippen LogP contribution < -0.4 is 0 Å². The smallest absolute Gasteiger partial charge is 0.307 e. The summed E-state index contributed by atoms with van der Waals surface area (Å²) in [4.78, 5) is 14.4. The van der Waals surface area contributed by atoms with Crippen molar-refractivity contribution in [2.75, 3.05) is 6.61 Å². The van der Waals surface area contributed by atoms with Crippen LogP contribution in [0.2, 0.25) is 0 Å². The van der Waals surface area contributed by atoms with Gasteiger partial charge in [0.25, 0.3) is 0 Å². The molecule has 0 amide bonds. The molecule has 0 radical (unpaired) electrons. The third-order valence-electron chi connectivity index (χ3n) is 2.66. The molecule has 2 aromatic rings. The van der Waals surface area contributed by atoms with Crippen LogP contribution in [-0.2, 0) is 16.1 Å². The number of imidazole rings is 1. The summed E-state index contributed by atoms with van der Waals surface area (Å²) < 4.78 is 21.2. The molecule has 0 aliphatic heterocycles. The van der Waals surface area contributed by atoms with Gasteiger partial charge in [0.15, 0.2) is 4.77 Å². The summed E-state index contributed by atoms with van der Waals surface area (Å²) >= 11 is 7.11. The molecule has 19 heavy (non-hydrogen) atoms. The monoisotopic (exact) mass is 394 g/mol. The highest BCUT2D eigenvalue weighted by molar-refractivity contribution is 14.1. The Labute approximate surface area is 128 Å². The number of aromatic nitrogens is 2. The Morgan fingerprint density at radius 1 is 1.58 bits per heavy atom. The van der Waals surface area contributed by atoms with Gasteiger partial charge in [0.2, 0.25) is 0 Å². The van der Waals surface area contributed by atoms with Gasteiger partial charge in [-0.3, -0.25) is 4.79 Å². The largest absolute Gasteiger partial charge is 0.466 e. The molecule has 1 aromatic heterocycles. The van der Waals surface area contributed by atoms with E-state index in [1.165, 1.54) is 6.07 Å². The molecular formula is C12H12FIN2O2S. The van der Waals surface area contributed by atoms with Crippen LogP contribution in [0.25, 0.3) is 11.0 Å². The minimum absolute atomic E-state index is 0.211. The van der Waals surface area contributed by atoms with Crippen LogP contribution >= 0.6 is 34.8 Å². The summed E-state index contributed by atoms with van der Waals surface area (Å²) in [5.41, 5.74) is 1.42. The number of fused-ring (bicyclic) bond motifs is 1. The van der Waals surface area contributed by atoms with Crippen molar-refractivity contribution in [3.63, 3.8) is 0 Å². The second-order valence-corrected chi connectivity index (χ2v) is 5.47. The SMILES string of the molecule is CCOC(=O)CCn1c(=S)[nH]c2cc(I)c(F)cc21. The zero-order valence-corrected chi connectivity index (χ0v) is 13.2. The summed E-state index contributed by atoms with van der Waals surface area (Å²) in [6, 6.07) is 3.12. The first-order chi connectivity index (χ1) is 9.02. The van der Waals surface area contributed by atoms with E-state index in [0.29, 0.717) is 27.0 Å². The molecule has 0 fully saturated rings. The predicted octanol–water partition coefficient (Wildman–Crippen LogP) is 3.40. The third-order valence-corrected chi connectivity index (χ3v) is 3.81. The highest BCUT2D eigenvalue weighted by Crippen LogP contribution is 2.21. The number of rotatable bonds is 4. The normalized spacial score (nSPS) is 10.9. The average Bonchev–Trinajstić information content (AvgIpc) is 2.63. The zero-order valence-electron chi connectivity index (χ0n) is 10.2. The first-order valence-electron chi connectivity index (χ1n) is 5.76. The van der Waals surface area contributed by atoms with Crippen molar-refractivity contribution < 1.29 is 13.9 Å². The number of aromatic amines is 1. The van der Waals surface area contributed by atoms with Crippen LogP contribution in [0.5, 0.6) is 0 Å². The van der Waals surface area contributed by atoms with E-state index in [4.69, 9.17) is 17.0 Å². The van der Waals surface area contributed by atoms with Crippen LogP contribution in [0.3, 0.4) is 0 Å². The zero-order chi connectivity index (χ0) is 14.0. The Morgan fingerprint density at radius 3 is 3.00 bits per heavy atom. The van der Waals surface area contributed by atoms with Gasteiger partial charge in [0.05, 0.1) is 27.6 Å². The number of carbonyl (C=O) groups excluding carboxylic acids is 1. The van der Waals surface area contributed by atoms with Crippen LogP contribution in [0.1, 0.15) is 13.3 Å². The summed E-state index contributed by atoms with van der Waals surface area (Å²) in [5.74, 6) is -0.586. The molecule has 1 aromatic carbocycles. The molecule has 0 bridgehead atoms. The van der Waals surface area contributed by atoms with Gasteiger partial charge in [0, 0.05) is 12.6 Å². The fourth-order valence-electron chi connectivity index (χ4n) is 1.81. The van der Waals surface area contributed by atoms with E-state index in [-0.39, 0.29) is 18.2 Å². The van der Waals surface area contributed by atoms with Crippen LogP contribution in [0.4, 0.5) is 4.39 Å². The van der Waals surface area contributed by atoms with Crippen molar-refractivity contribution in [1.82, 2.24) is 9.55 Å². The van der Waals surface area contributed by atoms with Gasteiger partial charge in [-0.1, -0.05) is 0 Å². The molecule has 0 saturated heterocycles. The van der Waals surface area contributed by atoms with Gasteiger partial charge in [-0.2, -0.15) is 0 Å². The number of nitrogens with zero attached hydrogens (tertiary/aromatic N) is 1. The van der Waals surface area contributed by atoms with Crippen LogP contribution in [-0.4, -0.2) is 22.1 Å². The van der Waals surface area contributed by atoms with Crippen molar-refractivity contribution in [1.29, 1.82) is 0 Å². The molecule has 0 saturated carbocycles. The topological polar surface area (TPSA) is 47.0 Å². The first-order valence-corrected chi connectivity index (χ1v) is 7.24. The lowest BCUT2D eigenvalue weighted by Gasteiger charge is -2.05. The number of ether oxygens (including phenoxy) is 1. The maximum absolute atomic E-state index is 13.6. The molecule has 0 atom stereocenters. The minimum atomic E-state index is -0.299. The molecule has 7 heteroatoms. The molecule has 2 rings (SSSR count). The molecule has 1 N–H and O–H groups in total. The van der Waals surface area contributed by atoms with Gasteiger partial charge in [-0.15, -0.1) is 0 Å². The number of carbonyl (C=O) groups is 1. The van der Waals surface area contributed by atoms with Crippen molar-refractivity contribution in [3.8, 4) is 0 Å². The Bertz CT molecular complexity index is 680. The number of H-pyrrole nitrogens is 1. The summed E-state index contributed by atoms with van der Waals surface area (Å²) in [6.07, 6.45) is 0.211. The van der Waals surface area contributed by atoms with Crippen molar-refractivity contribution >= 4 is 51.8 Å². The number of halogens is 2. The second-order valence-electron chi connectivity index (χ2n) is 3.92. The summed E-state index contributed by atoms with van der Waals surface area (Å²) in [6.45, 7) is 2.48. The predicted molar refractivity (Wildman–Crippen MR) is 81.0 cm³/mol. The van der Waals surface area contributed by atoms with Crippen molar-refractivity contribution in [3.05, 3.63) is 26.3 Å². The summed E-state index contributed by atoms with van der Waals surface area (Å²) in [5, 5.41) is 0. The second kappa shape index (κ2) is 6.00. The fraction of sp³-hybridized carbons (Fsp3) is 0.333. The standard InChI is InChI=1S/C12H12FIN2O2S/c1-2-18-11(17)3-4-16-10-5-7(13)8(14)6-9(10)15-12(16)19/h5-6H,2-4H2,1H3,(H,15,19). The van der Waals surface area contributed by atoms with Crippen LogP contribution in [0.15, 0.2) is 12.1 Å². The molecule has 1 heterocycles. The van der Waals surface area contributed by atoms with E-state index in [1.54, 1.807) is 17.6 Å². The molecule has 0 spiro atoms. The maximum Gasteiger partial charge on any atom is 0.307 e. The van der Waals surface area contributed by atoms with Gasteiger partial charge in [0.1, 0.15) is 5.82 Å². The third kappa shape index (κ3) is 3.14. The van der Waals surface area contributed by atoms with Gasteiger partial charge in [-0.25, -0.2) is 4.39 Å². The van der Waals surface area contributed by atoms with E-state index in [0.717, 1.165) is 5.52 Å². The minimum Gasteiger partial charge on any atom is -0.466 e. The number of nitrogens with one attached hydrogen (secondary N) is 1. The number of hydrogen-bond acceptors (Lipinski definition) is 3. The van der Waals surface area contributed by atoms with E-state index < -0.39 is 0 Å². The van der Waals surface area contributed by atoms with E-state index in [1.807, 2.05) is 22.6 Å². The first kappa shape index (κ1) is 14.4. The molecular weight excluding hydrogens is 382 g/mol. The average molecular weight is 394 g/mol. The summed E-state index contributed by atoms with van der Waals surface area (Å²) in [7, 11) is 0. The fourth-order valence-corrected chi connectivity index (χ4v) is 2.58. The Kier molecular flexibility index (Phi) is 4.56. The highest BCUT2D eigenvalue weighted by atomic mass is 127. The number of hydrogen-bond donors (Lipinski definition) is 1. The van der Waals surface area contributed by atoms with E-state index in [2.05, 4.69) is 4.98 Å². The number of benzene rings is 1. The van der Waals surface area contributed by atoms with Gasteiger partial charge < -0.3 is 14.3 Å². The quantitative estimate of drug-likeness (QED) is 0.491. The number of aryl methyl sites for hydroxylation is 1. The molecule has 4 nitrogen and oxygen atoms in total. The van der Waals surface area contributed by atoms with E-state index >= 15 is 0 Å². The molecule has 102 valence electrons. The van der Waals surface area contributed by atoms with Crippen LogP contribution in [0, 0.1) is 14.2 Å². The lowest BCUT2D eigenvalue weighted by Crippen LogP contribution is -2.09. The number of esters is 1. The van der Waals surface area contributed by atoms with E-state index in [9.17, 15) is 9.18 Å². The Morgan fingerprint density at radius 2 is 2.32 bits per heavy atom. The Hall–Kier alpha value is -0.960. The molecule has 0 aliphatic carbocycles. The van der Waals surface area contributed by atoms with Crippen molar-refractivity contribution in [2.24, 2.45) is 0 Å². The lowest BCUT2D eigenvalue weighted by atomic mass is 10.3. The lowest BCUT2D eigenvalue weighted by molar-refractivity contribution is -0.143. The van der Waals surface area contributed by atoms with Gasteiger partial charge >= 0.3 is 5.97 Å². The van der Waals surface area contributed by atoms with Crippen molar-refractivity contribution in [2.45, 2.75) is 19.9 Å². The highest BCUT2D eigenvalue weighted by Gasteiger charge is 2.10. The maximum atomic E-state index is 13.6.